The zero-order valence-electron chi connectivity index (χ0n) is 11.5. The highest BCUT2D eigenvalue weighted by Crippen LogP contribution is 2.31. The lowest BCUT2D eigenvalue weighted by Crippen LogP contribution is -2.66. The van der Waals surface area contributed by atoms with E-state index in [2.05, 4.69) is 10.6 Å². The molecule has 5 heteroatoms. The molecule has 2 rings (SSSR count). The molecule has 2 aliphatic rings. The highest BCUT2D eigenvalue weighted by molar-refractivity contribution is 5.93. The molecular formula is C13H23N3O2. The van der Waals surface area contributed by atoms with Gasteiger partial charge in [0.2, 0.25) is 11.8 Å². The predicted octanol–water partition coefficient (Wildman–Crippen LogP) is 0.113. The molecule has 0 saturated carbocycles. The van der Waals surface area contributed by atoms with Crippen LogP contribution in [0.4, 0.5) is 0 Å². The van der Waals surface area contributed by atoms with Crippen LogP contribution in [0.25, 0.3) is 0 Å². The van der Waals surface area contributed by atoms with Crippen molar-refractivity contribution in [2.45, 2.75) is 39.2 Å². The second-order valence-electron chi connectivity index (χ2n) is 6.11. The molecule has 2 aliphatic heterocycles. The number of piperidine rings is 1. The maximum absolute atomic E-state index is 12.7. The molecular weight excluding hydrogens is 230 g/mol. The summed E-state index contributed by atoms with van der Waals surface area (Å²) in [5, 5.41) is 6.11. The van der Waals surface area contributed by atoms with Crippen LogP contribution in [0.2, 0.25) is 0 Å². The maximum Gasteiger partial charge on any atom is 0.245 e. The van der Waals surface area contributed by atoms with Gasteiger partial charge in [0.15, 0.2) is 0 Å². The molecule has 102 valence electrons. The molecule has 18 heavy (non-hydrogen) atoms. The van der Waals surface area contributed by atoms with Gasteiger partial charge in [-0.25, -0.2) is 0 Å². The Hall–Kier alpha value is -1.10. The van der Waals surface area contributed by atoms with Gasteiger partial charge in [-0.1, -0.05) is 0 Å². The smallest absolute Gasteiger partial charge is 0.245 e. The third-order valence-corrected chi connectivity index (χ3v) is 4.21. The van der Waals surface area contributed by atoms with E-state index in [0.717, 1.165) is 19.4 Å². The highest BCUT2D eigenvalue weighted by Gasteiger charge is 2.46. The lowest BCUT2D eigenvalue weighted by atomic mass is 9.80. The molecule has 0 aromatic heterocycles. The first-order chi connectivity index (χ1) is 8.38. The van der Waals surface area contributed by atoms with Gasteiger partial charge < -0.3 is 15.5 Å². The van der Waals surface area contributed by atoms with Gasteiger partial charge in [0.05, 0.1) is 5.41 Å². The van der Waals surface area contributed by atoms with E-state index in [0.29, 0.717) is 19.6 Å². The second kappa shape index (κ2) is 4.53. The lowest BCUT2D eigenvalue weighted by molar-refractivity contribution is -0.156. The summed E-state index contributed by atoms with van der Waals surface area (Å²) < 4.78 is 0. The van der Waals surface area contributed by atoms with Crippen LogP contribution in [0.15, 0.2) is 0 Å². The molecule has 0 spiro atoms. The van der Waals surface area contributed by atoms with Crippen LogP contribution in [0.3, 0.4) is 0 Å². The first-order valence-electron chi connectivity index (χ1n) is 6.69. The average molecular weight is 253 g/mol. The molecule has 0 aromatic carbocycles. The Balaban J connectivity index is 2.19. The van der Waals surface area contributed by atoms with Gasteiger partial charge in [-0.2, -0.15) is 0 Å². The Kier molecular flexibility index (Phi) is 3.36. The molecule has 2 heterocycles. The fraction of sp³-hybridized carbons (Fsp3) is 0.846. The van der Waals surface area contributed by atoms with Crippen molar-refractivity contribution in [2.24, 2.45) is 5.41 Å². The van der Waals surface area contributed by atoms with Crippen molar-refractivity contribution >= 4 is 11.8 Å². The minimum absolute atomic E-state index is 0.0607. The summed E-state index contributed by atoms with van der Waals surface area (Å²) in [5.74, 6) is 0.0454. The second-order valence-corrected chi connectivity index (χ2v) is 6.11. The molecule has 0 bridgehead atoms. The summed E-state index contributed by atoms with van der Waals surface area (Å²) >= 11 is 0. The van der Waals surface area contributed by atoms with Crippen LogP contribution in [-0.4, -0.2) is 48.4 Å². The molecule has 1 atom stereocenters. The number of nitrogens with zero attached hydrogens (tertiary/aromatic N) is 1. The van der Waals surface area contributed by atoms with E-state index in [9.17, 15) is 9.59 Å². The first kappa shape index (κ1) is 13.3. The first-order valence-corrected chi connectivity index (χ1v) is 6.69. The highest BCUT2D eigenvalue weighted by atomic mass is 16.2. The maximum atomic E-state index is 12.7. The zero-order chi connectivity index (χ0) is 13.4. The van der Waals surface area contributed by atoms with Gasteiger partial charge in [-0.3, -0.25) is 9.59 Å². The van der Waals surface area contributed by atoms with E-state index in [1.165, 1.54) is 0 Å². The van der Waals surface area contributed by atoms with Gasteiger partial charge in [-0.05, 0) is 40.2 Å². The molecule has 0 radical (unpaired) electrons. The van der Waals surface area contributed by atoms with Gasteiger partial charge in [0.1, 0.15) is 5.54 Å². The number of hydrogen-bond acceptors (Lipinski definition) is 3. The summed E-state index contributed by atoms with van der Waals surface area (Å²) in [6.45, 7) is 8.49. The van der Waals surface area contributed by atoms with Crippen LogP contribution in [-0.2, 0) is 9.59 Å². The minimum atomic E-state index is -0.740. The van der Waals surface area contributed by atoms with Crippen LogP contribution >= 0.6 is 0 Å². The fourth-order valence-electron chi connectivity index (χ4n) is 2.82. The molecule has 2 fully saturated rings. The summed E-state index contributed by atoms with van der Waals surface area (Å²) in [7, 11) is 0. The van der Waals surface area contributed by atoms with Gasteiger partial charge in [0.25, 0.3) is 0 Å². The number of nitrogens with one attached hydrogen (secondary N) is 2. The molecule has 5 nitrogen and oxygen atoms in total. The molecule has 2 amide bonds. The molecule has 2 saturated heterocycles. The number of rotatable bonds is 1. The Bertz CT molecular complexity index is 359. The largest absolute Gasteiger partial charge is 0.352 e. The number of carbonyl (C=O) groups is 2. The van der Waals surface area contributed by atoms with Crippen molar-refractivity contribution in [1.29, 1.82) is 0 Å². The van der Waals surface area contributed by atoms with Crippen molar-refractivity contribution in [2.75, 3.05) is 26.2 Å². The van der Waals surface area contributed by atoms with Crippen LogP contribution in [0, 0.1) is 5.41 Å². The zero-order valence-corrected chi connectivity index (χ0v) is 11.5. The van der Waals surface area contributed by atoms with Crippen molar-refractivity contribution in [3.63, 3.8) is 0 Å². The van der Waals surface area contributed by atoms with Gasteiger partial charge >= 0.3 is 0 Å². The van der Waals surface area contributed by atoms with Gasteiger partial charge in [0, 0.05) is 19.6 Å². The van der Waals surface area contributed by atoms with E-state index < -0.39 is 5.54 Å². The molecule has 2 N–H and O–H groups in total. The number of piperazine rings is 1. The normalized spacial score (nSPS) is 31.9. The third-order valence-electron chi connectivity index (χ3n) is 4.21. The monoisotopic (exact) mass is 253 g/mol. The van der Waals surface area contributed by atoms with E-state index in [1.807, 2.05) is 20.8 Å². The Morgan fingerprint density at radius 2 is 2.00 bits per heavy atom. The fourth-order valence-corrected chi connectivity index (χ4v) is 2.82. The number of amides is 2. The Morgan fingerprint density at radius 3 is 2.61 bits per heavy atom. The SMILES string of the molecule is CC1(C(=O)N2CCNC(=O)C2(C)C)CCCNC1. The topological polar surface area (TPSA) is 61.4 Å². The number of hydrogen-bond donors (Lipinski definition) is 2. The van der Waals surface area contributed by atoms with Crippen molar-refractivity contribution in [3.8, 4) is 0 Å². The Labute approximate surface area is 108 Å². The van der Waals surface area contributed by atoms with E-state index in [4.69, 9.17) is 0 Å². The lowest BCUT2D eigenvalue weighted by Gasteiger charge is -2.46. The summed E-state index contributed by atoms with van der Waals surface area (Å²) in [6.07, 6.45) is 1.91. The third kappa shape index (κ3) is 2.11. The van der Waals surface area contributed by atoms with Crippen LogP contribution < -0.4 is 10.6 Å². The molecule has 0 aromatic rings. The predicted molar refractivity (Wildman–Crippen MR) is 69.0 cm³/mol. The number of carbonyl (C=O) groups excluding carboxylic acids is 2. The summed E-state index contributed by atoms with van der Waals surface area (Å²) in [6, 6.07) is 0. The summed E-state index contributed by atoms with van der Waals surface area (Å²) in [5.41, 5.74) is -1.11. The quantitative estimate of drug-likeness (QED) is 0.697. The van der Waals surface area contributed by atoms with E-state index >= 15 is 0 Å². The van der Waals surface area contributed by atoms with Crippen LogP contribution in [0.5, 0.6) is 0 Å². The standard InChI is InChI=1S/C13H23N3O2/c1-12(2)10(17)15-7-8-16(12)11(18)13(3)5-4-6-14-9-13/h14H,4-9H2,1-3H3,(H,15,17). The Morgan fingerprint density at radius 1 is 1.28 bits per heavy atom. The van der Waals surface area contributed by atoms with Crippen LogP contribution in [0.1, 0.15) is 33.6 Å². The van der Waals surface area contributed by atoms with E-state index in [1.54, 1.807) is 4.90 Å². The average Bonchev–Trinajstić information content (AvgIpc) is 2.33. The van der Waals surface area contributed by atoms with Crippen molar-refractivity contribution in [1.82, 2.24) is 15.5 Å². The molecule has 1 unspecified atom stereocenters. The molecule has 0 aliphatic carbocycles. The van der Waals surface area contributed by atoms with Gasteiger partial charge in [-0.15, -0.1) is 0 Å². The summed E-state index contributed by atoms with van der Waals surface area (Å²) in [4.78, 5) is 26.4. The van der Waals surface area contributed by atoms with Crippen molar-refractivity contribution in [3.05, 3.63) is 0 Å². The minimum Gasteiger partial charge on any atom is -0.352 e. The van der Waals surface area contributed by atoms with Crippen molar-refractivity contribution < 1.29 is 9.59 Å². The van der Waals surface area contributed by atoms with E-state index in [-0.39, 0.29) is 17.2 Å².